The third kappa shape index (κ3) is 3.63. The van der Waals surface area contributed by atoms with Crippen LogP contribution in [0.4, 0.5) is 10.1 Å². The van der Waals surface area contributed by atoms with Crippen LogP contribution in [0.5, 0.6) is 0 Å². The Hall–Kier alpha value is -3.64. The van der Waals surface area contributed by atoms with Crippen molar-refractivity contribution in [2.24, 2.45) is 5.92 Å². The number of rotatable bonds is 8. The lowest BCUT2D eigenvalue weighted by atomic mass is 9.76. The first-order chi connectivity index (χ1) is 15.4. The van der Waals surface area contributed by atoms with Gasteiger partial charge in [-0.3, -0.25) is 9.59 Å². The lowest BCUT2D eigenvalue weighted by Gasteiger charge is -2.21. The van der Waals surface area contributed by atoms with E-state index in [-0.39, 0.29) is 12.0 Å². The molecule has 0 radical (unpaired) electrons. The highest BCUT2D eigenvalue weighted by Gasteiger charge is 2.79. The van der Waals surface area contributed by atoms with Crippen molar-refractivity contribution in [1.29, 1.82) is 0 Å². The molecule has 0 aromatic heterocycles. The number of Topliss-reactive ketones (excluding diaryl/α,β-unsaturated/α-hetero) is 1. The summed E-state index contributed by atoms with van der Waals surface area (Å²) < 4.78 is 19.6. The van der Waals surface area contributed by atoms with Gasteiger partial charge < -0.3 is 14.8 Å². The van der Waals surface area contributed by atoms with Crippen LogP contribution >= 0.6 is 0 Å². The number of halogens is 1. The van der Waals surface area contributed by atoms with E-state index in [4.69, 9.17) is 4.74 Å². The van der Waals surface area contributed by atoms with E-state index < -0.39 is 34.6 Å². The molecule has 1 aliphatic heterocycles. The van der Waals surface area contributed by atoms with E-state index in [1.54, 1.807) is 61.5 Å². The Kier molecular flexibility index (Phi) is 5.72. The molecular formula is C26H22FNO4. The van der Waals surface area contributed by atoms with Gasteiger partial charge in [-0.2, -0.15) is 0 Å². The summed E-state index contributed by atoms with van der Waals surface area (Å²) in [5, 5.41) is 2.82. The normalized spacial score (nSPS) is 22.6. The fourth-order valence-corrected chi connectivity index (χ4v) is 4.11. The van der Waals surface area contributed by atoms with Gasteiger partial charge in [0.25, 0.3) is 5.91 Å². The lowest BCUT2D eigenvalue weighted by molar-refractivity contribution is -0.122. The standard InChI is InChI=1S/C26H22FNO4/c1-18(17-29)16-25(24(31)28-22-10-6-3-7-11-22)26(32-25,20-8-4-2-5-9-20)23(30)19-12-14-21(27)15-13-19/h2-15,17-18H,16H2,1H3,(H,28,31). The Bertz CT molecular complexity index is 1130. The van der Waals surface area contributed by atoms with Gasteiger partial charge in [0.2, 0.25) is 5.78 Å². The average Bonchev–Trinajstić information content (AvgIpc) is 3.51. The maximum absolute atomic E-state index is 13.8. The largest absolute Gasteiger partial charge is 0.338 e. The predicted octanol–water partition coefficient (Wildman–Crippen LogP) is 4.54. The molecule has 1 aliphatic rings. The molecule has 162 valence electrons. The van der Waals surface area contributed by atoms with Crippen LogP contribution in [0.3, 0.4) is 0 Å². The summed E-state index contributed by atoms with van der Waals surface area (Å²) in [5.41, 5.74) is -1.99. The molecule has 5 nitrogen and oxygen atoms in total. The van der Waals surface area contributed by atoms with Crippen LogP contribution in [0.15, 0.2) is 84.9 Å². The molecule has 3 aromatic rings. The smallest absolute Gasteiger partial charge is 0.260 e. The number of hydrogen-bond donors (Lipinski definition) is 1. The molecule has 6 heteroatoms. The molecule has 0 saturated carbocycles. The van der Waals surface area contributed by atoms with Crippen molar-refractivity contribution in [1.82, 2.24) is 0 Å². The van der Waals surface area contributed by atoms with E-state index in [2.05, 4.69) is 5.32 Å². The second-order valence-corrected chi connectivity index (χ2v) is 7.95. The number of para-hydroxylation sites is 1. The molecule has 4 rings (SSSR count). The molecule has 1 saturated heterocycles. The fourth-order valence-electron chi connectivity index (χ4n) is 4.11. The minimum absolute atomic E-state index is 0.0109. The second kappa shape index (κ2) is 8.48. The molecule has 0 bridgehead atoms. The van der Waals surface area contributed by atoms with Gasteiger partial charge in [-0.1, -0.05) is 55.5 Å². The monoisotopic (exact) mass is 431 g/mol. The van der Waals surface area contributed by atoms with Gasteiger partial charge >= 0.3 is 0 Å². The van der Waals surface area contributed by atoms with Gasteiger partial charge in [0.15, 0.2) is 11.2 Å². The van der Waals surface area contributed by atoms with Crippen LogP contribution in [0.25, 0.3) is 0 Å². The summed E-state index contributed by atoms with van der Waals surface area (Å²) in [7, 11) is 0. The number of epoxide rings is 1. The zero-order valence-electron chi connectivity index (χ0n) is 17.5. The Morgan fingerprint density at radius 2 is 1.56 bits per heavy atom. The van der Waals surface area contributed by atoms with E-state index >= 15 is 0 Å². The van der Waals surface area contributed by atoms with E-state index in [1.807, 2.05) is 6.07 Å². The topological polar surface area (TPSA) is 75.8 Å². The molecule has 1 fully saturated rings. The first kappa shape index (κ1) is 21.6. The number of aldehydes is 1. The van der Waals surface area contributed by atoms with Crippen molar-refractivity contribution < 1.29 is 23.5 Å². The highest BCUT2D eigenvalue weighted by molar-refractivity contribution is 6.14. The van der Waals surface area contributed by atoms with Crippen molar-refractivity contribution in [2.75, 3.05) is 5.32 Å². The van der Waals surface area contributed by atoms with Crippen LogP contribution in [-0.4, -0.2) is 23.6 Å². The fraction of sp³-hybridized carbons (Fsp3) is 0.192. The zero-order chi connectivity index (χ0) is 22.8. The quantitative estimate of drug-likeness (QED) is 0.323. The third-order valence-electron chi connectivity index (χ3n) is 5.70. The van der Waals surface area contributed by atoms with Crippen molar-refractivity contribution in [3.8, 4) is 0 Å². The molecule has 32 heavy (non-hydrogen) atoms. The number of nitrogens with one attached hydrogen (secondary N) is 1. The number of ether oxygens (including phenoxy) is 1. The predicted molar refractivity (Wildman–Crippen MR) is 118 cm³/mol. The summed E-state index contributed by atoms with van der Waals surface area (Å²) in [4.78, 5) is 38.8. The number of ketones is 1. The molecule has 0 spiro atoms. The molecule has 3 unspecified atom stereocenters. The number of carbonyl (C=O) groups is 3. The maximum atomic E-state index is 13.8. The van der Waals surface area contributed by atoms with Crippen LogP contribution in [0, 0.1) is 11.7 Å². The molecule has 1 amide bonds. The van der Waals surface area contributed by atoms with Gasteiger partial charge in [-0.25, -0.2) is 4.39 Å². The summed E-state index contributed by atoms with van der Waals surface area (Å²) in [6.45, 7) is 1.67. The SMILES string of the molecule is CC(C=O)CC1(C(=O)Nc2ccccc2)OC1(C(=O)c1ccc(F)cc1)c1ccccc1. The zero-order valence-corrected chi connectivity index (χ0v) is 17.5. The van der Waals surface area contributed by atoms with E-state index in [1.165, 1.54) is 24.3 Å². The van der Waals surface area contributed by atoms with Gasteiger partial charge in [0.1, 0.15) is 12.1 Å². The van der Waals surface area contributed by atoms with Gasteiger partial charge in [-0.15, -0.1) is 0 Å². The number of benzene rings is 3. The molecule has 0 aliphatic carbocycles. The van der Waals surface area contributed by atoms with E-state index in [0.29, 0.717) is 11.3 Å². The average molecular weight is 431 g/mol. The van der Waals surface area contributed by atoms with E-state index in [0.717, 1.165) is 6.29 Å². The number of amides is 1. The number of carbonyl (C=O) groups excluding carboxylic acids is 3. The summed E-state index contributed by atoms with van der Waals surface area (Å²) in [6, 6.07) is 22.7. The van der Waals surface area contributed by atoms with Gasteiger partial charge in [0.05, 0.1) is 0 Å². The Morgan fingerprint density at radius 3 is 2.16 bits per heavy atom. The van der Waals surface area contributed by atoms with Crippen molar-refractivity contribution >= 4 is 23.7 Å². The van der Waals surface area contributed by atoms with Gasteiger partial charge in [0, 0.05) is 17.2 Å². The molecule has 3 aromatic carbocycles. The van der Waals surface area contributed by atoms with Crippen molar-refractivity contribution in [2.45, 2.75) is 24.5 Å². The third-order valence-corrected chi connectivity index (χ3v) is 5.70. The van der Waals surface area contributed by atoms with Crippen LogP contribution in [0.2, 0.25) is 0 Å². The van der Waals surface area contributed by atoms with Crippen LogP contribution < -0.4 is 5.32 Å². The first-order valence-corrected chi connectivity index (χ1v) is 10.3. The van der Waals surface area contributed by atoms with Gasteiger partial charge in [-0.05, 0) is 48.4 Å². The molecule has 1 N–H and O–H groups in total. The minimum atomic E-state index is -1.64. The number of anilines is 1. The lowest BCUT2D eigenvalue weighted by Crippen LogP contribution is -2.42. The van der Waals surface area contributed by atoms with Crippen molar-refractivity contribution in [3.05, 3.63) is 102 Å². The minimum Gasteiger partial charge on any atom is -0.338 e. The molecule has 3 atom stereocenters. The Balaban J connectivity index is 1.82. The van der Waals surface area contributed by atoms with E-state index in [9.17, 15) is 18.8 Å². The van der Waals surface area contributed by atoms with Crippen LogP contribution in [0.1, 0.15) is 29.3 Å². The van der Waals surface area contributed by atoms with Crippen LogP contribution in [-0.2, 0) is 19.9 Å². The first-order valence-electron chi connectivity index (χ1n) is 10.3. The summed E-state index contributed by atoms with van der Waals surface area (Å²) in [6.07, 6.45) is 0.744. The number of hydrogen-bond acceptors (Lipinski definition) is 4. The Morgan fingerprint density at radius 1 is 0.969 bits per heavy atom. The Labute approximate surface area is 185 Å². The summed E-state index contributed by atoms with van der Waals surface area (Å²) in [5.74, 6) is -2.00. The second-order valence-electron chi connectivity index (χ2n) is 7.95. The maximum Gasteiger partial charge on any atom is 0.260 e. The highest BCUT2D eigenvalue weighted by Crippen LogP contribution is 2.61. The summed E-state index contributed by atoms with van der Waals surface area (Å²) >= 11 is 0. The highest BCUT2D eigenvalue weighted by atomic mass is 19.1. The molecule has 1 heterocycles. The van der Waals surface area contributed by atoms with Crippen molar-refractivity contribution in [3.63, 3.8) is 0 Å². The molecular weight excluding hydrogens is 409 g/mol.